The lowest BCUT2D eigenvalue weighted by Crippen LogP contribution is -2.28. The topological polar surface area (TPSA) is 12.0 Å². The Morgan fingerprint density at radius 2 is 1.94 bits per heavy atom. The molecule has 0 atom stereocenters. The van der Waals surface area contributed by atoms with Gasteiger partial charge in [0.1, 0.15) is 5.82 Å². The first kappa shape index (κ1) is 15.2. The number of benzene rings is 1. The SMILES string of the molecule is Cc1ccc(F)cc1C(C)(C)CCNCC(C)C. The fourth-order valence-corrected chi connectivity index (χ4v) is 2.25. The van der Waals surface area contributed by atoms with Gasteiger partial charge in [0, 0.05) is 0 Å². The molecule has 0 aliphatic carbocycles. The van der Waals surface area contributed by atoms with E-state index in [1.807, 2.05) is 6.07 Å². The average Bonchev–Trinajstić information content (AvgIpc) is 2.27. The molecular formula is C16H26FN. The summed E-state index contributed by atoms with van der Waals surface area (Å²) in [5, 5.41) is 3.45. The molecule has 0 saturated carbocycles. The quantitative estimate of drug-likeness (QED) is 0.752. The lowest BCUT2D eigenvalue weighted by molar-refractivity contribution is 0.438. The van der Waals surface area contributed by atoms with Crippen LogP contribution in [-0.2, 0) is 5.41 Å². The second-order valence-corrected chi connectivity index (χ2v) is 6.19. The van der Waals surface area contributed by atoms with Crippen LogP contribution in [0.5, 0.6) is 0 Å². The van der Waals surface area contributed by atoms with E-state index in [0.29, 0.717) is 5.92 Å². The molecule has 0 unspecified atom stereocenters. The summed E-state index contributed by atoms with van der Waals surface area (Å²) in [5.41, 5.74) is 2.30. The molecule has 2 heteroatoms. The summed E-state index contributed by atoms with van der Waals surface area (Å²) >= 11 is 0. The van der Waals surface area contributed by atoms with E-state index in [-0.39, 0.29) is 11.2 Å². The molecule has 0 aromatic heterocycles. The zero-order valence-electron chi connectivity index (χ0n) is 12.3. The zero-order chi connectivity index (χ0) is 13.8. The van der Waals surface area contributed by atoms with Crippen LogP contribution in [0.25, 0.3) is 0 Å². The van der Waals surface area contributed by atoms with Gasteiger partial charge >= 0.3 is 0 Å². The Balaban J connectivity index is 2.64. The van der Waals surface area contributed by atoms with Crippen LogP contribution in [0.15, 0.2) is 18.2 Å². The molecule has 1 aromatic carbocycles. The summed E-state index contributed by atoms with van der Waals surface area (Å²) in [6.45, 7) is 12.8. The molecule has 0 bridgehead atoms. The summed E-state index contributed by atoms with van der Waals surface area (Å²) in [6, 6.07) is 5.08. The molecule has 1 nitrogen and oxygen atoms in total. The van der Waals surface area contributed by atoms with Crippen molar-refractivity contribution >= 4 is 0 Å². The smallest absolute Gasteiger partial charge is 0.123 e. The number of hydrogen-bond donors (Lipinski definition) is 1. The van der Waals surface area contributed by atoms with E-state index >= 15 is 0 Å². The van der Waals surface area contributed by atoms with E-state index in [1.54, 1.807) is 6.07 Å². The number of rotatable bonds is 6. The van der Waals surface area contributed by atoms with Gasteiger partial charge in [0.15, 0.2) is 0 Å². The Labute approximate surface area is 111 Å². The normalized spacial score (nSPS) is 12.2. The molecule has 0 aliphatic rings. The second kappa shape index (κ2) is 6.33. The highest BCUT2D eigenvalue weighted by Gasteiger charge is 2.22. The highest BCUT2D eigenvalue weighted by atomic mass is 19.1. The number of halogens is 1. The van der Waals surface area contributed by atoms with E-state index in [0.717, 1.165) is 25.1 Å². The molecular weight excluding hydrogens is 225 g/mol. The maximum atomic E-state index is 13.4. The van der Waals surface area contributed by atoms with Crippen LogP contribution in [-0.4, -0.2) is 13.1 Å². The minimum atomic E-state index is -0.140. The van der Waals surface area contributed by atoms with Gasteiger partial charge in [0.2, 0.25) is 0 Å². The van der Waals surface area contributed by atoms with Crippen molar-refractivity contribution in [3.05, 3.63) is 35.1 Å². The van der Waals surface area contributed by atoms with E-state index in [1.165, 1.54) is 11.6 Å². The summed E-state index contributed by atoms with van der Waals surface area (Å²) in [6.07, 6.45) is 1.02. The van der Waals surface area contributed by atoms with Gasteiger partial charge < -0.3 is 5.32 Å². The van der Waals surface area contributed by atoms with Crippen molar-refractivity contribution in [2.75, 3.05) is 13.1 Å². The third-order valence-corrected chi connectivity index (χ3v) is 3.41. The first-order valence-electron chi connectivity index (χ1n) is 6.80. The number of aryl methyl sites for hydroxylation is 1. The van der Waals surface area contributed by atoms with Gasteiger partial charge in [0.25, 0.3) is 0 Å². The first-order chi connectivity index (χ1) is 8.33. The Morgan fingerprint density at radius 1 is 1.28 bits per heavy atom. The van der Waals surface area contributed by atoms with Crippen LogP contribution in [0.2, 0.25) is 0 Å². The summed E-state index contributed by atoms with van der Waals surface area (Å²) in [5.74, 6) is 0.530. The minimum absolute atomic E-state index is 0.0101. The lowest BCUT2D eigenvalue weighted by atomic mass is 9.79. The Bertz CT molecular complexity index is 383. The van der Waals surface area contributed by atoms with Gasteiger partial charge in [-0.2, -0.15) is 0 Å². The van der Waals surface area contributed by atoms with E-state index < -0.39 is 0 Å². The van der Waals surface area contributed by atoms with Crippen LogP contribution in [0, 0.1) is 18.7 Å². The predicted molar refractivity (Wildman–Crippen MR) is 76.5 cm³/mol. The van der Waals surface area contributed by atoms with E-state index in [4.69, 9.17) is 0 Å². The third kappa shape index (κ3) is 4.41. The molecule has 0 heterocycles. The highest BCUT2D eigenvalue weighted by molar-refractivity contribution is 5.32. The molecule has 1 N–H and O–H groups in total. The molecule has 102 valence electrons. The fourth-order valence-electron chi connectivity index (χ4n) is 2.25. The van der Waals surface area contributed by atoms with Crippen molar-refractivity contribution in [3.8, 4) is 0 Å². The van der Waals surface area contributed by atoms with Crippen molar-refractivity contribution in [1.29, 1.82) is 0 Å². The van der Waals surface area contributed by atoms with Crippen molar-refractivity contribution in [2.24, 2.45) is 5.92 Å². The van der Waals surface area contributed by atoms with Crippen molar-refractivity contribution in [1.82, 2.24) is 5.32 Å². The van der Waals surface area contributed by atoms with Gasteiger partial charge in [-0.1, -0.05) is 33.8 Å². The van der Waals surface area contributed by atoms with Crippen molar-refractivity contribution in [3.63, 3.8) is 0 Å². The van der Waals surface area contributed by atoms with Crippen molar-refractivity contribution < 1.29 is 4.39 Å². The maximum Gasteiger partial charge on any atom is 0.123 e. The van der Waals surface area contributed by atoms with Crippen LogP contribution >= 0.6 is 0 Å². The standard InChI is InChI=1S/C16H26FN/c1-12(2)11-18-9-8-16(4,5)15-10-14(17)7-6-13(15)3/h6-7,10,12,18H,8-9,11H2,1-5H3. The average molecular weight is 251 g/mol. The van der Waals surface area contributed by atoms with Crippen LogP contribution in [0.1, 0.15) is 45.2 Å². The van der Waals surface area contributed by atoms with Gasteiger partial charge in [-0.15, -0.1) is 0 Å². The molecule has 0 saturated heterocycles. The van der Waals surface area contributed by atoms with Gasteiger partial charge in [0.05, 0.1) is 0 Å². The van der Waals surface area contributed by atoms with E-state index in [9.17, 15) is 4.39 Å². The summed E-state index contributed by atoms with van der Waals surface area (Å²) in [4.78, 5) is 0. The molecule has 0 spiro atoms. The van der Waals surface area contributed by atoms with Crippen LogP contribution in [0.3, 0.4) is 0 Å². The van der Waals surface area contributed by atoms with Gasteiger partial charge in [-0.05, 0) is 61.0 Å². The second-order valence-electron chi connectivity index (χ2n) is 6.19. The Morgan fingerprint density at radius 3 is 2.56 bits per heavy atom. The molecule has 1 aromatic rings. The summed E-state index contributed by atoms with van der Waals surface area (Å²) in [7, 11) is 0. The number of hydrogen-bond acceptors (Lipinski definition) is 1. The molecule has 0 radical (unpaired) electrons. The highest BCUT2D eigenvalue weighted by Crippen LogP contribution is 2.29. The Hall–Kier alpha value is -0.890. The predicted octanol–water partition coefficient (Wildman–Crippen LogP) is 4.05. The summed E-state index contributed by atoms with van der Waals surface area (Å²) < 4.78 is 13.4. The van der Waals surface area contributed by atoms with Gasteiger partial charge in [-0.3, -0.25) is 0 Å². The molecule has 18 heavy (non-hydrogen) atoms. The third-order valence-electron chi connectivity index (χ3n) is 3.41. The zero-order valence-corrected chi connectivity index (χ0v) is 12.3. The molecule has 0 fully saturated rings. The lowest BCUT2D eigenvalue weighted by Gasteiger charge is -2.27. The fraction of sp³-hybridized carbons (Fsp3) is 0.625. The molecule has 1 rings (SSSR count). The van der Waals surface area contributed by atoms with E-state index in [2.05, 4.69) is 39.9 Å². The van der Waals surface area contributed by atoms with Crippen LogP contribution in [0.4, 0.5) is 4.39 Å². The largest absolute Gasteiger partial charge is 0.316 e. The molecule has 0 aliphatic heterocycles. The first-order valence-corrected chi connectivity index (χ1v) is 6.80. The molecule has 0 amide bonds. The Kier molecular flexibility index (Phi) is 5.33. The minimum Gasteiger partial charge on any atom is -0.316 e. The van der Waals surface area contributed by atoms with Crippen LogP contribution < -0.4 is 5.32 Å². The maximum absolute atomic E-state index is 13.4. The van der Waals surface area contributed by atoms with Gasteiger partial charge in [-0.25, -0.2) is 4.39 Å². The van der Waals surface area contributed by atoms with Crippen molar-refractivity contribution in [2.45, 2.75) is 46.5 Å². The monoisotopic (exact) mass is 251 g/mol. The number of nitrogens with one attached hydrogen (secondary N) is 1.